The van der Waals surface area contributed by atoms with Crippen LogP contribution < -0.4 is 5.73 Å². The highest BCUT2D eigenvalue weighted by molar-refractivity contribution is 6.30. The summed E-state index contributed by atoms with van der Waals surface area (Å²) in [6.45, 7) is 2.43. The van der Waals surface area contributed by atoms with Gasteiger partial charge in [-0.1, -0.05) is 23.7 Å². The highest BCUT2D eigenvalue weighted by Crippen LogP contribution is 2.22. The van der Waals surface area contributed by atoms with Crippen LogP contribution in [0.5, 0.6) is 0 Å². The number of halogens is 1. The molecule has 1 fully saturated rings. The lowest BCUT2D eigenvalue weighted by Gasteiger charge is -2.32. The van der Waals surface area contributed by atoms with Crippen molar-refractivity contribution in [1.82, 2.24) is 4.90 Å². The third-order valence-electron chi connectivity index (χ3n) is 3.78. The number of hydrogen-bond donors (Lipinski definition) is 1. The van der Waals surface area contributed by atoms with Crippen molar-refractivity contribution in [3.8, 4) is 0 Å². The maximum Gasteiger partial charge on any atom is 0.0702 e. The van der Waals surface area contributed by atoms with Crippen LogP contribution in [-0.4, -0.2) is 37.7 Å². The van der Waals surface area contributed by atoms with Gasteiger partial charge < -0.3 is 10.5 Å². The van der Waals surface area contributed by atoms with Crippen molar-refractivity contribution in [3.05, 3.63) is 34.9 Å². The van der Waals surface area contributed by atoms with Crippen molar-refractivity contribution >= 4 is 11.6 Å². The summed E-state index contributed by atoms with van der Waals surface area (Å²) < 4.78 is 5.79. The van der Waals surface area contributed by atoms with E-state index in [0.717, 1.165) is 24.6 Å². The molecule has 0 spiro atoms. The molecular formula is C15H23ClN2O. The van der Waals surface area contributed by atoms with E-state index in [1.165, 1.54) is 18.4 Å². The molecule has 0 bridgehead atoms. The molecule has 2 unspecified atom stereocenters. The van der Waals surface area contributed by atoms with Gasteiger partial charge in [0, 0.05) is 30.8 Å². The van der Waals surface area contributed by atoms with Gasteiger partial charge in [0.15, 0.2) is 0 Å². The Balaban J connectivity index is 1.97. The smallest absolute Gasteiger partial charge is 0.0702 e. The molecule has 0 amide bonds. The molecule has 1 aromatic carbocycles. The molecule has 2 atom stereocenters. The summed E-state index contributed by atoms with van der Waals surface area (Å²) in [6.07, 6.45) is 3.97. The van der Waals surface area contributed by atoms with Crippen LogP contribution in [0.3, 0.4) is 0 Å². The molecule has 106 valence electrons. The Kier molecular flexibility index (Phi) is 5.64. The molecule has 0 aliphatic carbocycles. The zero-order valence-corrected chi connectivity index (χ0v) is 12.3. The lowest BCUT2D eigenvalue weighted by molar-refractivity contribution is -0.00777. The Morgan fingerprint density at radius 3 is 2.68 bits per heavy atom. The molecule has 1 aromatic rings. The standard InChI is InChI=1S/C15H23ClN2O/c1-18(11-14-4-2-3-9-19-14)15(10-17)12-5-7-13(16)8-6-12/h5-8,14-15H,2-4,9-11,17H2,1H3. The molecule has 2 N–H and O–H groups in total. The van der Waals surface area contributed by atoms with Crippen LogP contribution in [0.4, 0.5) is 0 Å². The van der Waals surface area contributed by atoms with Crippen molar-refractivity contribution in [1.29, 1.82) is 0 Å². The fraction of sp³-hybridized carbons (Fsp3) is 0.600. The predicted octanol–water partition coefficient (Wildman–Crippen LogP) is 2.84. The molecular weight excluding hydrogens is 260 g/mol. The second-order valence-electron chi connectivity index (χ2n) is 5.23. The Hall–Kier alpha value is -0.610. The van der Waals surface area contributed by atoms with Gasteiger partial charge in [-0.3, -0.25) is 4.90 Å². The first kappa shape index (κ1) is 14.8. The van der Waals surface area contributed by atoms with Crippen molar-refractivity contribution in [2.75, 3.05) is 26.7 Å². The van der Waals surface area contributed by atoms with E-state index >= 15 is 0 Å². The maximum absolute atomic E-state index is 5.93. The minimum atomic E-state index is 0.225. The summed E-state index contributed by atoms with van der Waals surface area (Å²) >= 11 is 5.93. The first-order valence-electron chi connectivity index (χ1n) is 6.98. The van der Waals surface area contributed by atoms with Gasteiger partial charge in [-0.2, -0.15) is 0 Å². The number of nitrogens with zero attached hydrogens (tertiary/aromatic N) is 1. The van der Waals surface area contributed by atoms with Gasteiger partial charge in [0.05, 0.1) is 6.10 Å². The van der Waals surface area contributed by atoms with Crippen molar-refractivity contribution < 1.29 is 4.74 Å². The summed E-state index contributed by atoms with van der Waals surface area (Å²) in [5.74, 6) is 0. The SMILES string of the molecule is CN(CC1CCCCO1)C(CN)c1ccc(Cl)cc1. The third kappa shape index (κ3) is 4.18. The fourth-order valence-corrected chi connectivity index (χ4v) is 2.78. The van der Waals surface area contributed by atoms with Gasteiger partial charge in [0.2, 0.25) is 0 Å². The molecule has 0 radical (unpaired) electrons. The zero-order chi connectivity index (χ0) is 13.7. The van der Waals surface area contributed by atoms with Crippen LogP contribution in [0.15, 0.2) is 24.3 Å². The molecule has 4 heteroatoms. The third-order valence-corrected chi connectivity index (χ3v) is 4.03. The molecule has 2 rings (SSSR count). The largest absolute Gasteiger partial charge is 0.377 e. The van der Waals surface area contributed by atoms with E-state index in [0.29, 0.717) is 12.6 Å². The van der Waals surface area contributed by atoms with Crippen LogP contribution in [0.25, 0.3) is 0 Å². The second-order valence-corrected chi connectivity index (χ2v) is 5.67. The Morgan fingerprint density at radius 1 is 1.37 bits per heavy atom. The predicted molar refractivity (Wildman–Crippen MR) is 79.5 cm³/mol. The van der Waals surface area contributed by atoms with Crippen LogP contribution in [-0.2, 0) is 4.74 Å². The van der Waals surface area contributed by atoms with Crippen molar-refractivity contribution in [2.45, 2.75) is 31.4 Å². The molecule has 0 saturated carbocycles. The maximum atomic E-state index is 5.93. The second kappa shape index (κ2) is 7.25. The van der Waals surface area contributed by atoms with Gasteiger partial charge in [0.25, 0.3) is 0 Å². The van der Waals surface area contributed by atoms with Gasteiger partial charge in [-0.05, 0) is 44.0 Å². The van der Waals surface area contributed by atoms with Crippen molar-refractivity contribution in [3.63, 3.8) is 0 Å². The highest BCUT2D eigenvalue weighted by atomic mass is 35.5. The van der Waals surface area contributed by atoms with E-state index in [1.807, 2.05) is 12.1 Å². The molecule has 1 aliphatic rings. The number of rotatable bonds is 5. The summed E-state index contributed by atoms with van der Waals surface area (Å²) in [7, 11) is 2.12. The first-order chi connectivity index (χ1) is 9.20. The topological polar surface area (TPSA) is 38.5 Å². The van der Waals surface area contributed by atoms with Crippen molar-refractivity contribution in [2.24, 2.45) is 5.73 Å². The van der Waals surface area contributed by atoms with Gasteiger partial charge in [0.1, 0.15) is 0 Å². The number of ether oxygens (including phenoxy) is 1. The highest BCUT2D eigenvalue weighted by Gasteiger charge is 2.21. The van der Waals surface area contributed by atoms with E-state index in [9.17, 15) is 0 Å². The summed E-state index contributed by atoms with van der Waals surface area (Å²) in [5, 5.41) is 0.762. The quantitative estimate of drug-likeness (QED) is 0.902. The number of likely N-dealkylation sites (N-methyl/N-ethyl adjacent to an activating group) is 1. The van der Waals surface area contributed by atoms with Gasteiger partial charge in [-0.25, -0.2) is 0 Å². The van der Waals surface area contributed by atoms with Crippen LogP contribution >= 0.6 is 11.6 Å². The molecule has 0 aromatic heterocycles. The number of benzene rings is 1. The van der Waals surface area contributed by atoms with Gasteiger partial charge in [-0.15, -0.1) is 0 Å². The summed E-state index contributed by atoms with van der Waals surface area (Å²) in [4.78, 5) is 2.29. The minimum Gasteiger partial charge on any atom is -0.377 e. The van der Waals surface area contributed by atoms with E-state index in [4.69, 9.17) is 22.1 Å². The molecule has 3 nitrogen and oxygen atoms in total. The van der Waals surface area contributed by atoms with Crippen LogP contribution in [0.2, 0.25) is 5.02 Å². The molecule has 1 heterocycles. The lowest BCUT2D eigenvalue weighted by atomic mass is 10.0. The molecule has 19 heavy (non-hydrogen) atoms. The molecule has 1 aliphatic heterocycles. The summed E-state index contributed by atoms with van der Waals surface area (Å²) in [5.41, 5.74) is 7.15. The average molecular weight is 283 g/mol. The van der Waals surface area contributed by atoms with E-state index < -0.39 is 0 Å². The fourth-order valence-electron chi connectivity index (χ4n) is 2.66. The minimum absolute atomic E-state index is 0.225. The monoisotopic (exact) mass is 282 g/mol. The Morgan fingerprint density at radius 2 is 2.11 bits per heavy atom. The van der Waals surface area contributed by atoms with Gasteiger partial charge >= 0.3 is 0 Å². The first-order valence-corrected chi connectivity index (χ1v) is 7.36. The van der Waals surface area contributed by atoms with E-state index in [2.05, 4.69) is 24.1 Å². The average Bonchev–Trinajstić information content (AvgIpc) is 2.43. The Labute approximate surface area is 120 Å². The summed E-state index contributed by atoms with van der Waals surface area (Å²) in [6, 6.07) is 8.17. The Bertz CT molecular complexity index is 376. The van der Waals surface area contributed by atoms with Crippen LogP contribution in [0.1, 0.15) is 30.9 Å². The number of nitrogens with two attached hydrogens (primary N) is 1. The van der Waals surface area contributed by atoms with E-state index in [-0.39, 0.29) is 6.04 Å². The zero-order valence-electron chi connectivity index (χ0n) is 11.5. The normalized spacial score (nSPS) is 21.6. The lowest BCUT2D eigenvalue weighted by Crippen LogP contribution is -2.38. The molecule has 1 saturated heterocycles. The number of hydrogen-bond acceptors (Lipinski definition) is 3. The van der Waals surface area contributed by atoms with E-state index in [1.54, 1.807) is 0 Å². The van der Waals surface area contributed by atoms with Crippen LogP contribution in [0, 0.1) is 0 Å².